The molecule has 0 spiro atoms. The van der Waals surface area contributed by atoms with Crippen molar-refractivity contribution in [2.45, 2.75) is 79.2 Å². The fourth-order valence-corrected chi connectivity index (χ4v) is 15.0. The number of pyridine rings is 5. The fourth-order valence-electron chi connectivity index (χ4n) is 15.0. The summed E-state index contributed by atoms with van der Waals surface area (Å²) in [5, 5.41) is 5.15. The third kappa shape index (κ3) is 24.0. The molecule has 0 aliphatic heterocycles. The first-order chi connectivity index (χ1) is 63.7. The van der Waals surface area contributed by atoms with Gasteiger partial charge in [-0.15, -0.1) is 0 Å². The molecule has 23 nitrogen and oxygen atoms in total. The summed E-state index contributed by atoms with van der Waals surface area (Å²) in [6.45, 7) is 6.67. The number of benzene rings is 8. The first-order valence-corrected chi connectivity index (χ1v) is 42.6. The van der Waals surface area contributed by atoms with Gasteiger partial charge < -0.3 is 42.9 Å². The lowest BCUT2D eigenvalue weighted by Crippen LogP contribution is -2.37. The number of hydrogen-bond donors (Lipinski definition) is 1. The van der Waals surface area contributed by atoms with Crippen molar-refractivity contribution in [1.82, 2.24) is 23.3 Å². The van der Waals surface area contributed by atoms with Crippen molar-refractivity contribution in [2.24, 2.45) is 0 Å². The molecule has 0 amide bonds. The molecule has 1 N–H and O–H groups in total. The van der Waals surface area contributed by atoms with Crippen LogP contribution in [0.25, 0.3) is 60.6 Å². The average Bonchev–Trinajstić information content (AvgIpc) is 1.65. The van der Waals surface area contributed by atoms with Crippen LogP contribution in [0.2, 0.25) is 0 Å². The fraction of sp³-hybridized carbons (Fsp3) is 0.159. The zero-order valence-corrected chi connectivity index (χ0v) is 73.4. The van der Waals surface area contributed by atoms with Crippen LogP contribution in [-0.4, -0.2) is 88.6 Å². The number of rotatable bonds is 28. The molecular formula is C107H103N10O13+5. The van der Waals surface area contributed by atoms with Crippen molar-refractivity contribution in [3.05, 3.63) is 428 Å². The summed E-state index contributed by atoms with van der Waals surface area (Å²) in [7, 11) is 6.90. The second-order valence-corrected chi connectivity index (χ2v) is 30.5. The van der Waals surface area contributed by atoms with Gasteiger partial charge in [0.15, 0.2) is 68.5 Å². The number of nitrogens with zero attached hydrogens (tertiary/aromatic N) is 9. The van der Waals surface area contributed by atoms with Crippen LogP contribution in [-0.2, 0) is 87.9 Å². The van der Waals surface area contributed by atoms with Gasteiger partial charge in [0.1, 0.15) is 59.7 Å². The zero-order valence-electron chi connectivity index (χ0n) is 73.4. The maximum absolute atomic E-state index is 12.3. The van der Waals surface area contributed by atoms with Gasteiger partial charge in [0, 0.05) is 105 Å². The number of unbranched alkanes of at least 4 members (excludes halogenated alkanes) is 1. The summed E-state index contributed by atoms with van der Waals surface area (Å²) in [5.41, 5.74) is 14.0. The number of aromatic amines is 1. The minimum Gasteiger partial charge on any atom is -0.489 e. The van der Waals surface area contributed by atoms with Crippen LogP contribution < -0.4 is 37.0 Å². The molecule has 8 aromatic carbocycles. The van der Waals surface area contributed by atoms with Gasteiger partial charge in [-0.3, -0.25) is 18.3 Å². The number of fused-ring (bicyclic) bond motifs is 5. The molecule has 654 valence electrons. The van der Waals surface area contributed by atoms with Crippen molar-refractivity contribution in [1.29, 1.82) is 0 Å². The van der Waals surface area contributed by atoms with E-state index in [1.54, 1.807) is 24.4 Å². The van der Waals surface area contributed by atoms with Crippen molar-refractivity contribution in [3.8, 4) is 17.2 Å². The Morgan fingerprint density at radius 2 is 0.762 bits per heavy atom. The molecule has 23 heteroatoms. The number of aryl methyl sites for hydroxylation is 1. The summed E-state index contributed by atoms with van der Waals surface area (Å²) >= 11 is 0. The van der Waals surface area contributed by atoms with Gasteiger partial charge in [0.05, 0.1) is 63.3 Å². The Hall–Kier alpha value is -16.3. The molecule has 18 rings (SSSR count). The number of carbonyl (C=O) groups excluding carboxylic acids is 5. The molecule has 0 bridgehead atoms. The smallest absolute Gasteiger partial charge is 0.354 e. The van der Waals surface area contributed by atoms with Gasteiger partial charge in [-0.1, -0.05) is 153 Å². The highest BCUT2D eigenvalue weighted by Crippen LogP contribution is 2.31. The largest absolute Gasteiger partial charge is 0.489 e. The highest BCUT2D eigenvalue weighted by Gasteiger charge is 2.24. The summed E-state index contributed by atoms with van der Waals surface area (Å²) in [5.74, 6) is 0.422. The summed E-state index contributed by atoms with van der Waals surface area (Å²) in [6, 6.07) is 97.5. The second-order valence-electron chi connectivity index (χ2n) is 30.5. The van der Waals surface area contributed by atoms with E-state index in [1.807, 2.05) is 335 Å². The lowest BCUT2D eigenvalue weighted by molar-refractivity contribution is -0.701. The van der Waals surface area contributed by atoms with Crippen molar-refractivity contribution in [3.63, 3.8) is 0 Å². The van der Waals surface area contributed by atoms with Gasteiger partial charge in [0.25, 0.3) is 0 Å². The maximum atomic E-state index is 12.3. The van der Waals surface area contributed by atoms with Crippen molar-refractivity contribution < 1.29 is 84.7 Å². The number of H-pyrrole nitrogens is 1. The van der Waals surface area contributed by atoms with Crippen LogP contribution in [0.15, 0.2) is 371 Å². The van der Waals surface area contributed by atoms with Gasteiger partial charge in [-0.25, -0.2) is 24.0 Å². The molecule has 18 aromatic rings. The van der Waals surface area contributed by atoms with Crippen LogP contribution in [0.1, 0.15) is 95.1 Å². The van der Waals surface area contributed by atoms with E-state index in [2.05, 4.69) is 70.0 Å². The molecule has 0 saturated carbocycles. The molecule has 0 radical (unpaired) electrons. The number of esters is 5. The molecular weight excluding hydrogens is 1630 g/mol. The van der Waals surface area contributed by atoms with Crippen LogP contribution in [0, 0.1) is 0 Å². The van der Waals surface area contributed by atoms with E-state index in [-0.39, 0.29) is 23.9 Å². The monoisotopic (exact) mass is 1740 g/mol. The van der Waals surface area contributed by atoms with Crippen molar-refractivity contribution >= 4 is 90.4 Å². The summed E-state index contributed by atoms with van der Waals surface area (Å²) < 4.78 is 60.1. The first-order valence-electron chi connectivity index (χ1n) is 42.6. The Balaban J connectivity index is 0.000000132. The van der Waals surface area contributed by atoms with E-state index in [1.165, 1.54) is 83.0 Å². The first kappa shape index (κ1) is 90.0. The minimum absolute atomic E-state index is 0.362. The average molecular weight is 1740 g/mol. The summed E-state index contributed by atoms with van der Waals surface area (Å²) in [4.78, 5) is 63.5. The van der Waals surface area contributed by atoms with Gasteiger partial charge in [-0.05, 0) is 144 Å². The normalized spacial score (nSPS) is 10.8. The Morgan fingerprint density at radius 3 is 1.18 bits per heavy atom. The number of carbonyl (C=O) groups is 5. The Kier molecular flexibility index (Phi) is 31.2. The highest BCUT2D eigenvalue weighted by atomic mass is 16.5. The standard InChI is InChI=1S/3C23H21N2O3.C20H19N2O4.C18H21N2/c3*1-27-23(26)22-15-19-14-20(28-16-18-8-4-2-5-9-18)10-11-21(19)25(22)17-24-12-6-3-7-13-24;1-25-19(23)10-9-15-13-22(18-8-4-3-7-17(15)18)14-21-11-5-6-16(12-21)20(24)26-2;1-2-3-7-15-8-9-18-16(12-15)13-17(19-18)14-20-10-5-4-6-11-20/h3*2-15H,16-17H2,1H3;3-13H,14H2,1-2H3;4-6,8-13,19H,2-3,7,14H2,1H3/q5*+1/b;;;10-9+;. The number of aromatic nitrogens is 10. The highest BCUT2D eigenvalue weighted by molar-refractivity contribution is 5.99. The Bertz CT molecular complexity index is 6410. The molecule has 0 saturated heterocycles. The minimum atomic E-state index is -0.401. The topological polar surface area (TPSA) is 214 Å². The van der Waals surface area contributed by atoms with Crippen LogP contribution in [0.5, 0.6) is 17.2 Å². The Labute approximate surface area is 753 Å². The van der Waals surface area contributed by atoms with E-state index in [4.69, 9.17) is 33.2 Å². The molecule has 0 unspecified atom stereocenters. The number of ether oxygens (including phenoxy) is 8. The predicted octanol–water partition coefficient (Wildman–Crippen LogP) is 17.7. The molecule has 0 atom stereocenters. The van der Waals surface area contributed by atoms with Crippen molar-refractivity contribution in [2.75, 3.05) is 35.5 Å². The molecule has 0 fully saturated rings. The lowest BCUT2D eigenvalue weighted by Gasteiger charge is -2.08. The van der Waals surface area contributed by atoms with E-state index >= 15 is 0 Å². The predicted molar refractivity (Wildman–Crippen MR) is 497 cm³/mol. The molecule has 0 aliphatic carbocycles. The van der Waals surface area contributed by atoms with Gasteiger partial charge in [0.2, 0.25) is 26.7 Å². The number of hydrogen-bond acceptors (Lipinski definition) is 13. The quantitative estimate of drug-likeness (QED) is 0.0209. The van der Waals surface area contributed by atoms with Crippen LogP contribution >= 0.6 is 0 Å². The van der Waals surface area contributed by atoms with Crippen LogP contribution in [0.3, 0.4) is 0 Å². The number of para-hydroxylation sites is 1. The number of nitrogens with one attached hydrogen (secondary N) is 1. The third-order valence-corrected chi connectivity index (χ3v) is 21.5. The lowest BCUT2D eigenvalue weighted by atomic mass is 10.1. The molecule has 130 heavy (non-hydrogen) atoms. The van der Waals surface area contributed by atoms with E-state index < -0.39 is 5.97 Å². The maximum Gasteiger partial charge on any atom is 0.354 e. The molecule has 10 aromatic heterocycles. The number of methoxy groups -OCH3 is 5. The third-order valence-electron chi connectivity index (χ3n) is 21.5. The SMILES string of the molecule is CCCCc1ccc2[nH]c(C[n+]3ccccc3)cc2c1.COC(=O)/C=C/c1cn(C[n+]2cccc(C(=O)OC)c2)c2ccccc12.COC(=O)c1cc2cc(OCc3ccccc3)ccc2n1C[n+]1ccccc1.COC(=O)c1cc2cc(OCc3ccccc3)ccc2n1C[n+]1ccccc1.COC(=O)c1cc2cc(OCc3ccccc3)ccc2n1C[n+]1ccccc1. The molecule has 0 aliphatic rings. The van der Waals surface area contributed by atoms with Gasteiger partial charge in [-0.2, -0.15) is 22.8 Å². The van der Waals surface area contributed by atoms with Gasteiger partial charge >= 0.3 is 29.8 Å². The van der Waals surface area contributed by atoms with E-state index in [9.17, 15) is 24.0 Å². The molecule has 10 heterocycles. The van der Waals surface area contributed by atoms with E-state index in [0.29, 0.717) is 69.1 Å². The van der Waals surface area contributed by atoms with Crippen LogP contribution in [0.4, 0.5) is 0 Å². The van der Waals surface area contributed by atoms with E-state index in [0.717, 1.165) is 89.7 Å². The second kappa shape index (κ2) is 45.0. The summed E-state index contributed by atoms with van der Waals surface area (Å²) in [6.07, 6.45) is 28.4. The zero-order chi connectivity index (χ0) is 90.3. The Morgan fingerprint density at radius 1 is 0.354 bits per heavy atom.